The lowest BCUT2D eigenvalue weighted by Crippen LogP contribution is -2.38. The highest BCUT2D eigenvalue weighted by Crippen LogP contribution is 2.25. The van der Waals surface area contributed by atoms with Crippen LogP contribution in [0.3, 0.4) is 0 Å². The van der Waals surface area contributed by atoms with Crippen LogP contribution in [0.1, 0.15) is 19.3 Å². The number of hydrogen-bond donors (Lipinski definition) is 3. The lowest BCUT2D eigenvalue weighted by molar-refractivity contribution is -0.121. The number of para-hydroxylation sites is 2. The van der Waals surface area contributed by atoms with Crippen molar-refractivity contribution >= 4 is 17.3 Å². The highest BCUT2D eigenvalue weighted by molar-refractivity contribution is 5.86. The van der Waals surface area contributed by atoms with E-state index in [1.807, 2.05) is 0 Å². The summed E-state index contributed by atoms with van der Waals surface area (Å²) in [6.07, 6.45) is 2.61. The number of hydrogen-bond acceptors (Lipinski definition) is 5. The number of amides is 1. The molecule has 0 aliphatic carbocycles. The standard InChI is InChI=1S/C12H16N3O3/c16-12-10(6-3-4-8-13-12)14-9-5-1-2-7-11(9)15(17)18/h1-2,5,7,10,14,17H,3-4,6,8H2,(H,13,16)/q-1. The SMILES string of the molecule is O=C1NCCCCC1Nc1ccccc1N([O-])O. The average Bonchev–Trinajstić information content (AvgIpc) is 2.55. The summed E-state index contributed by atoms with van der Waals surface area (Å²) in [5.41, 5.74) is 0.562. The van der Waals surface area contributed by atoms with Crippen molar-refractivity contribution < 1.29 is 10.0 Å². The van der Waals surface area contributed by atoms with Gasteiger partial charge in [-0.1, -0.05) is 12.1 Å². The first-order valence-corrected chi connectivity index (χ1v) is 5.98. The van der Waals surface area contributed by atoms with E-state index in [4.69, 9.17) is 5.21 Å². The minimum atomic E-state index is -0.367. The van der Waals surface area contributed by atoms with Crippen molar-refractivity contribution in [1.29, 1.82) is 0 Å². The Morgan fingerprint density at radius 1 is 1.39 bits per heavy atom. The van der Waals surface area contributed by atoms with Crippen LogP contribution in [0, 0.1) is 5.21 Å². The first kappa shape index (κ1) is 12.7. The quantitative estimate of drug-likeness (QED) is 0.707. The number of benzene rings is 1. The van der Waals surface area contributed by atoms with Gasteiger partial charge in [0.05, 0.1) is 11.4 Å². The number of carbonyl (C=O) groups is 1. The van der Waals surface area contributed by atoms with E-state index in [1.54, 1.807) is 18.2 Å². The molecule has 18 heavy (non-hydrogen) atoms. The molecule has 1 aliphatic rings. The molecule has 0 bridgehead atoms. The van der Waals surface area contributed by atoms with Crippen LogP contribution < -0.4 is 15.9 Å². The lowest BCUT2D eigenvalue weighted by Gasteiger charge is -2.26. The van der Waals surface area contributed by atoms with Crippen LogP contribution in [0.2, 0.25) is 0 Å². The molecule has 0 spiro atoms. The van der Waals surface area contributed by atoms with Gasteiger partial charge in [0, 0.05) is 6.54 Å². The van der Waals surface area contributed by atoms with Gasteiger partial charge in [-0.15, -0.1) is 0 Å². The Kier molecular flexibility index (Phi) is 4.01. The molecule has 6 nitrogen and oxygen atoms in total. The van der Waals surface area contributed by atoms with Crippen LogP contribution >= 0.6 is 0 Å². The minimum Gasteiger partial charge on any atom is -0.733 e. The normalized spacial score (nSPS) is 19.9. The summed E-state index contributed by atoms with van der Waals surface area (Å²) in [4.78, 5) is 11.8. The van der Waals surface area contributed by atoms with Crippen LogP contribution in [0.25, 0.3) is 0 Å². The smallest absolute Gasteiger partial charge is 0.242 e. The number of nitrogens with one attached hydrogen (secondary N) is 2. The Morgan fingerprint density at radius 3 is 2.94 bits per heavy atom. The van der Waals surface area contributed by atoms with E-state index in [0.29, 0.717) is 18.7 Å². The van der Waals surface area contributed by atoms with Gasteiger partial charge in [-0.25, -0.2) is 0 Å². The Hall–Kier alpha value is -1.79. The van der Waals surface area contributed by atoms with Gasteiger partial charge in [-0.2, -0.15) is 0 Å². The van der Waals surface area contributed by atoms with Crippen molar-refractivity contribution in [2.45, 2.75) is 25.3 Å². The van der Waals surface area contributed by atoms with Gasteiger partial charge in [-0.05, 0) is 31.4 Å². The predicted octanol–water partition coefficient (Wildman–Crippen LogP) is 1.46. The molecule has 6 heteroatoms. The van der Waals surface area contributed by atoms with E-state index in [9.17, 15) is 10.0 Å². The van der Waals surface area contributed by atoms with E-state index in [0.717, 1.165) is 12.8 Å². The molecule has 1 fully saturated rings. The fraction of sp³-hybridized carbons (Fsp3) is 0.417. The maximum Gasteiger partial charge on any atom is 0.242 e. The molecule has 2 rings (SSSR count). The third-order valence-electron chi connectivity index (χ3n) is 2.98. The van der Waals surface area contributed by atoms with Crippen LogP contribution in [-0.2, 0) is 4.79 Å². The molecule has 1 saturated heterocycles. The van der Waals surface area contributed by atoms with E-state index in [1.165, 1.54) is 6.07 Å². The summed E-state index contributed by atoms with van der Waals surface area (Å²) in [5, 5.41) is 25.6. The van der Waals surface area contributed by atoms with Gasteiger partial charge in [-0.3, -0.25) is 10.0 Å². The molecule has 98 valence electrons. The molecule has 1 heterocycles. The zero-order valence-electron chi connectivity index (χ0n) is 9.93. The molecule has 1 amide bonds. The molecule has 0 saturated carbocycles. The second kappa shape index (κ2) is 5.70. The summed E-state index contributed by atoms with van der Waals surface area (Å²) >= 11 is 0. The van der Waals surface area contributed by atoms with Gasteiger partial charge in [0.2, 0.25) is 5.91 Å². The largest absolute Gasteiger partial charge is 0.733 e. The molecule has 0 radical (unpaired) electrons. The minimum absolute atomic E-state index is 0.0716. The van der Waals surface area contributed by atoms with Crippen molar-refractivity contribution in [2.24, 2.45) is 0 Å². The maximum absolute atomic E-state index is 11.8. The number of nitrogens with zero attached hydrogens (tertiary/aromatic N) is 1. The Bertz CT molecular complexity index is 423. The van der Waals surface area contributed by atoms with Crippen molar-refractivity contribution in [3.8, 4) is 0 Å². The maximum atomic E-state index is 11.8. The van der Waals surface area contributed by atoms with Gasteiger partial charge in [0.25, 0.3) is 0 Å². The van der Waals surface area contributed by atoms with Gasteiger partial charge >= 0.3 is 0 Å². The molecule has 0 aromatic heterocycles. The second-order valence-corrected chi connectivity index (χ2v) is 4.27. The fourth-order valence-corrected chi connectivity index (χ4v) is 2.03. The zero-order valence-corrected chi connectivity index (χ0v) is 9.93. The summed E-state index contributed by atoms with van der Waals surface area (Å²) in [6, 6.07) is 6.17. The zero-order chi connectivity index (χ0) is 13.0. The Balaban J connectivity index is 2.15. The Labute approximate surface area is 105 Å². The summed E-state index contributed by atoms with van der Waals surface area (Å²) in [7, 11) is 0. The lowest BCUT2D eigenvalue weighted by atomic mass is 10.1. The van der Waals surface area contributed by atoms with Crippen LogP contribution in [-0.4, -0.2) is 23.7 Å². The van der Waals surface area contributed by atoms with Crippen molar-refractivity contribution in [2.75, 3.05) is 17.1 Å². The number of anilines is 2. The molecule has 3 N–H and O–H groups in total. The number of carbonyl (C=O) groups excluding carboxylic acids is 1. The molecule has 1 atom stereocenters. The summed E-state index contributed by atoms with van der Waals surface area (Å²) in [5.74, 6) is -0.0716. The van der Waals surface area contributed by atoms with Gasteiger partial charge in [0.15, 0.2) is 0 Å². The van der Waals surface area contributed by atoms with Crippen LogP contribution in [0.4, 0.5) is 11.4 Å². The highest BCUT2D eigenvalue weighted by Gasteiger charge is 2.21. The number of rotatable bonds is 3. The molecular weight excluding hydrogens is 234 g/mol. The molecule has 1 aromatic carbocycles. The predicted molar refractivity (Wildman–Crippen MR) is 68.3 cm³/mol. The second-order valence-electron chi connectivity index (χ2n) is 4.27. The third-order valence-corrected chi connectivity index (χ3v) is 2.98. The summed E-state index contributed by atoms with van der Waals surface area (Å²) in [6.45, 7) is 0.687. The molecule has 1 unspecified atom stereocenters. The molecular formula is C12H16N3O3-. The highest BCUT2D eigenvalue weighted by atomic mass is 16.8. The first-order chi connectivity index (χ1) is 8.68. The van der Waals surface area contributed by atoms with E-state index in [2.05, 4.69) is 10.6 Å². The summed E-state index contributed by atoms with van der Waals surface area (Å²) < 4.78 is 0. The van der Waals surface area contributed by atoms with Gasteiger partial charge < -0.3 is 21.1 Å². The van der Waals surface area contributed by atoms with E-state index < -0.39 is 0 Å². The van der Waals surface area contributed by atoms with Crippen LogP contribution in [0.15, 0.2) is 24.3 Å². The third kappa shape index (κ3) is 2.91. The van der Waals surface area contributed by atoms with Crippen molar-refractivity contribution in [3.63, 3.8) is 0 Å². The molecule has 1 aromatic rings. The van der Waals surface area contributed by atoms with Crippen molar-refractivity contribution in [1.82, 2.24) is 5.32 Å². The fourth-order valence-electron chi connectivity index (χ4n) is 2.03. The first-order valence-electron chi connectivity index (χ1n) is 5.98. The average molecular weight is 250 g/mol. The van der Waals surface area contributed by atoms with Crippen molar-refractivity contribution in [3.05, 3.63) is 29.5 Å². The van der Waals surface area contributed by atoms with Crippen LogP contribution in [0.5, 0.6) is 0 Å². The monoisotopic (exact) mass is 250 g/mol. The van der Waals surface area contributed by atoms with Gasteiger partial charge in [0.1, 0.15) is 6.04 Å². The van der Waals surface area contributed by atoms with E-state index in [-0.39, 0.29) is 22.9 Å². The van der Waals surface area contributed by atoms with E-state index >= 15 is 0 Å². The molecule has 1 aliphatic heterocycles. The topological polar surface area (TPSA) is 87.7 Å². The Morgan fingerprint density at radius 2 is 2.17 bits per heavy atom.